The standard InChI is InChI=1S/C9H9FOS/c1-6(11)7-4-3-5-8(12-2)9(7)10/h3-5H,1-2H3. The maximum Gasteiger partial charge on any atom is 0.162 e. The first kappa shape index (κ1) is 9.26. The molecule has 1 rings (SSSR count). The van der Waals surface area contributed by atoms with E-state index in [9.17, 15) is 9.18 Å². The largest absolute Gasteiger partial charge is 0.294 e. The molecule has 0 bridgehead atoms. The topological polar surface area (TPSA) is 17.1 Å². The van der Waals surface area contributed by atoms with E-state index in [4.69, 9.17) is 0 Å². The van der Waals surface area contributed by atoms with E-state index in [1.165, 1.54) is 24.8 Å². The van der Waals surface area contributed by atoms with Crippen LogP contribution >= 0.6 is 11.8 Å². The van der Waals surface area contributed by atoms with Gasteiger partial charge < -0.3 is 0 Å². The Labute approximate surface area is 75.0 Å². The van der Waals surface area contributed by atoms with Crippen LogP contribution in [0.1, 0.15) is 17.3 Å². The number of Topliss-reactive ketones (excluding diaryl/α,β-unsaturated/α-hetero) is 1. The third-order valence-electron chi connectivity index (χ3n) is 1.56. The third-order valence-corrected chi connectivity index (χ3v) is 2.32. The summed E-state index contributed by atoms with van der Waals surface area (Å²) in [6, 6.07) is 4.84. The molecule has 0 atom stereocenters. The molecule has 1 aromatic rings. The van der Waals surface area contributed by atoms with E-state index in [1.54, 1.807) is 18.4 Å². The summed E-state index contributed by atoms with van der Waals surface area (Å²) < 4.78 is 13.3. The summed E-state index contributed by atoms with van der Waals surface area (Å²) in [4.78, 5) is 11.4. The predicted octanol–water partition coefficient (Wildman–Crippen LogP) is 2.75. The SMILES string of the molecule is CSc1cccc(C(C)=O)c1F. The minimum absolute atomic E-state index is 0.168. The van der Waals surface area contributed by atoms with Crippen LogP contribution in [0.25, 0.3) is 0 Å². The zero-order chi connectivity index (χ0) is 9.14. The van der Waals surface area contributed by atoms with E-state index in [-0.39, 0.29) is 11.3 Å². The molecule has 12 heavy (non-hydrogen) atoms. The highest BCUT2D eigenvalue weighted by Gasteiger charge is 2.09. The summed E-state index contributed by atoms with van der Waals surface area (Å²) in [5.41, 5.74) is 0.168. The molecule has 0 aliphatic heterocycles. The highest BCUT2D eigenvalue weighted by molar-refractivity contribution is 7.98. The van der Waals surface area contributed by atoms with Crippen molar-refractivity contribution in [2.45, 2.75) is 11.8 Å². The van der Waals surface area contributed by atoms with Crippen molar-refractivity contribution in [2.75, 3.05) is 6.26 Å². The first-order valence-corrected chi connectivity index (χ1v) is 4.72. The lowest BCUT2D eigenvalue weighted by Gasteiger charge is -2.01. The number of thioether (sulfide) groups is 1. The van der Waals surface area contributed by atoms with E-state index >= 15 is 0 Å². The number of benzene rings is 1. The van der Waals surface area contributed by atoms with Gasteiger partial charge in [-0.25, -0.2) is 4.39 Å². The van der Waals surface area contributed by atoms with Crippen LogP contribution in [0.2, 0.25) is 0 Å². The van der Waals surface area contributed by atoms with Crippen LogP contribution in [-0.2, 0) is 0 Å². The van der Waals surface area contributed by atoms with Crippen molar-refractivity contribution in [3.63, 3.8) is 0 Å². The van der Waals surface area contributed by atoms with Crippen molar-refractivity contribution in [2.24, 2.45) is 0 Å². The monoisotopic (exact) mass is 184 g/mol. The second-order valence-electron chi connectivity index (χ2n) is 2.38. The first-order chi connectivity index (χ1) is 5.66. The normalized spacial score (nSPS) is 9.92. The summed E-state index contributed by atoms with van der Waals surface area (Å²) in [5.74, 6) is -0.638. The smallest absolute Gasteiger partial charge is 0.162 e. The van der Waals surface area contributed by atoms with Crippen molar-refractivity contribution in [3.05, 3.63) is 29.6 Å². The molecular formula is C9H9FOS. The fourth-order valence-corrected chi connectivity index (χ4v) is 1.44. The van der Waals surface area contributed by atoms with Crippen molar-refractivity contribution in [1.29, 1.82) is 0 Å². The van der Waals surface area contributed by atoms with Crippen LogP contribution in [0.4, 0.5) is 4.39 Å². The molecule has 0 amide bonds. The summed E-state index contributed by atoms with van der Waals surface area (Å²) in [6.07, 6.45) is 1.78. The third kappa shape index (κ3) is 1.67. The van der Waals surface area contributed by atoms with Gasteiger partial charge in [-0.1, -0.05) is 6.07 Å². The second kappa shape index (κ2) is 3.72. The summed E-state index contributed by atoms with van der Waals surface area (Å²) in [6.45, 7) is 1.36. The summed E-state index contributed by atoms with van der Waals surface area (Å²) in [7, 11) is 0. The summed E-state index contributed by atoms with van der Waals surface area (Å²) >= 11 is 1.30. The van der Waals surface area contributed by atoms with Gasteiger partial charge in [-0.15, -0.1) is 11.8 Å². The van der Waals surface area contributed by atoms with Gasteiger partial charge in [0.2, 0.25) is 0 Å². The molecule has 0 spiro atoms. The van der Waals surface area contributed by atoms with Gasteiger partial charge in [-0.05, 0) is 25.3 Å². The molecule has 3 heteroatoms. The number of hydrogen-bond acceptors (Lipinski definition) is 2. The zero-order valence-electron chi connectivity index (χ0n) is 6.93. The molecule has 0 radical (unpaired) electrons. The van der Waals surface area contributed by atoms with Gasteiger partial charge in [0.15, 0.2) is 5.78 Å². The second-order valence-corrected chi connectivity index (χ2v) is 3.23. The number of carbonyl (C=O) groups is 1. The fourth-order valence-electron chi connectivity index (χ4n) is 0.940. The van der Waals surface area contributed by atoms with E-state index in [0.717, 1.165) is 0 Å². The molecule has 0 saturated carbocycles. The van der Waals surface area contributed by atoms with Crippen LogP contribution in [-0.4, -0.2) is 12.0 Å². The summed E-state index contributed by atoms with van der Waals surface area (Å²) in [5, 5.41) is 0. The van der Waals surface area contributed by atoms with Crippen LogP contribution in [0, 0.1) is 5.82 Å². The minimum Gasteiger partial charge on any atom is -0.294 e. The lowest BCUT2D eigenvalue weighted by Crippen LogP contribution is -1.97. The fraction of sp³-hybridized carbons (Fsp3) is 0.222. The quantitative estimate of drug-likeness (QED) is 0.519. The Morgan fingerprint density at radius 3 is 2.67 bits per heavy atom. The van der Waals surface area contributed by atoms with Gasteiger partial charge in [0.1, 0.15) is 5.82 Å². The molecule has 0 unspecified atom stereocenters. The van der Waals surface area contributed by atoms with Gasteiger partial charge in [0, 0.05) is 4.90 Å². The molecule has 0 aliphatic carbocycles. The van der Waals surface area contributed by atoms with E-state index in [2.05, 4.69) is 0 Å². The molecule has 0 aromatic heterocycles. The van der Waals surface area contributed by atoms with E-state index < -0.39 is 5.82 Å². The van der Waals surface area contributed by atoms with Crippen LogP contribution in [0.15, 0.2) is 23.1 Å². The Morgan fingerprint density at radius 1 is 1.50 bits per heavy atom. The molecule has 0 N–H and O–H groups in total. The molecule has 1 aromatic carbocycles. The van der Waals surface area contributed by atoms with Crippen LogP contribution in [0.5, 0.6) is 0 Å². The molecule has 1 nitrogen and oxygen atoms in total. The lowest BCUT2D eigenvalue weighted by molar-refractivity contribution is 0.101. The Morgan fingerprint density at radius 2 is 2.17 bits per heavy atom. The van der Waals surface area contributed by atoms with Gasteiger partial charge >= 0.3 is 0 Å². The molecular weight excluding hydrogens is 175 g/mol. The maximum absolute atomic E-state index is 13.3. The number of halogens is 1. The Balaban J connectivity index is 3.23. The number of hydrogen-bond donors (Lipinski definition) is 0. The van der Waals surface area contributed by atoms with Crippen molar-refractivity contribution < 1.29 is 9.18 Å². The maximum atomic E-state index is 13.3. The number of carbonyl (C=O) groups excluding carboxylic acids is 1. The minimum atomic E-state index is -0.405. The number of rotatable bonds is 2. The average molecular weight is 184 g/mol. The van der Waals surface area contributed by atoms with Crippen LogP contribution in [0.3, 0.4) is 0 Å². The van der Waals surface area contributed by atoms with Gasteiger partial charge in [-0.3, -0.25) is 4.79 Å². The van der Waals surface area contributed by atoms with Crippen LogP contribution < -0.4 is 0 Å². The zero-order valence-corrected chi connectivity index (χ0v) is 7.74. The van der Waals surface area contributed by atoms with Gasteiger partial charge in [0.25, 0.3) is 0 Å². The van der Waals surface area contributed by atoms with Crippen molar-refractivity contribution in [1.82, 2.24) is 0 Å². The Kier molecular flexibility index (Phi) is 2.87. The number of ketones is 1. The van der Waals surface area contributed by atoms with Crippen molar-refractivity contribution >= 4 is 17.5 Å². The molecule has 64 valence electrons. The lowest BCUT2D eigenvalue weighted by atomic mass is 10.1. The molecule has 0 fully saturated rings. The molecule has 0 saturated heterocycles. The molecule has 0 aliphatic rings. The van der Waals surface area contributed by atoms with E-state index in [1.807, 2.05) is 0 Å². The van der Waals surface area contributed by atoms with Gasteiger partial charge in [0.05, 0.1) is 5.56 Å². The van der Waals surface area contributed by atoms with E-state index in [0.29, 0.717) is 4.90 Å². The Hall–Kier alpha value is -0.830. The highest BCUT2D eigenvalue weighted by atomic mass is 32.2. The highest BCUT2D eigenvalue weighted by Crippen LogP contribution is 2.21. The predicted molar refractivity (Wildman–Crippen MR) is 48.2 cm³/mol. The molecule has 0 heterocycles. The first-order valence-electron chi connectivity index (χ1n) is 3.50. The van der Waals surface area contributed by atoms with Crippen molar-refractivity contribution in [3.8, 4) is 0 Å². The van der Waals surface area contributed by atoms with Gasteiger partial charge in [-0.2, -0.15) is 0 Å². The average Bonchev–Trinajstić information content (AvgIpc) is 2.04. The Bertz CT molecular complexity index is 309.